The second-order valence-corrected chi connectivity index (χ2v) is 19.7. The van der Waals surface area contributed by atoms with Crippen LogP contribution in [-0.2, 0) is 115 Å². The highest BCUT2D eigenvalue weighted by molar-refractivity contribution is 5.76. The third-order valence-corrected chi connectivity index (χ3v) is 13.9. The van der Waals surface area contributed by atoms with E-state index >= 15 is 9.59 Å². The van der Waals surface area contributed by atoms with Crippen molar-refractivity contribution in [1.82, 2.24) is 0 Å². The number of carbonyl (C=O) groups excluding carboxylic acids is 2. The quantitative estimate of drug-likeness (QED) is 0.0476. The minimum atomic E-state index is -1.55. The Kier molecular flexibility index (Phi) is 20.8. The Labute approximate surface area is 473 Å². The molecule has 2 fully saturated rings. The number of esters is 2. The summed E-state index contributed by atoms with van der Waals surface area (Å²) in [4.78, 5) is 30.2. The summed E-state index contributed by atoms with van der Waals surface area (Å²) in [6.45, 7) is 0.327. The van der Waals surface area contributed by atoms with Crippen molar-refractivity contribution in [3.8, 4) is 0 Å². The van der Waals surface area contributed by atoms with Gasteiger partial charge >= 0.3 is 11.9 Å². The Morgan fingerprint density at radius 2 is 0.494 bits per heavy atom. The molecule has 0 saturated carbocycles. The molecule has 0 aliphatic carbocycles. The van der Waals surface area contributed by atoms with E-state index in [1.54, 1.807) is 0 Å². The monoisotopic (exact) mass is 1090 g/mol. The van der Waals surface area contributed by atoms with Gasteiger partial charge in [0.1, 0.15) is 49.8 Å². The van der Waals surface area contributed by atoms with E-state index in [4.69, 9.17) is 52.1 Å². The molecule has 10 atom stereocenters. The Balaban J connectivity index is 1.08. The number of hydrogen-bond acceptors (Lipinski definition) is 13. The van der Waals surface area contributed by atoms with Gasteiger partial charge in [0.15, 0.2) is 24.8 Å². The van der Waals surface area contributed by atoms with Crippen LogP contribution >= 0.6 is 0 Å². The van der Waals surface area contributed by atoms with E-state index in [0.717, 1.165) is 44.5 Å². The molecule has 2 unspecified atom stereocenters. The van der Waals surface area contributed by atoms with Crippen LogP contribution in [0.3, 0.4) is 0 Å². The highest BCUT2D eigenvalue weighted by Gasteiger charge is 2.58. The molecule has 0 spiro atoms. The van der Waals surface area contributed by atoms with Gasteiger partial charge in [0.2, 0.25) is 0 Å². The van der Waals surface area contributed by atoms with E-state index in [-0.39, 0.29) is 52.9 Å². The Hall–Kier alpha value is -7.66. The summed E-state index contributed by atoms with van der Waals surface area (Å²) in [5, 5.41) is 0. The zero-order valence-electron chi connectivity index (χ0n) is 44.8. The summed E-state index contributed by atoms with van der Waals surface area (Å²) in [7, 11) is 0. The van der Waals surface area contributed by atoms with Crippen molar-refractivity contribution in [2.45, 2.75) is 114 Å². The highest BCUT2D eigenvalue weighted by Crippen LogP contribution is 2.38. The third kappa shape index (κ3) is 16.3. The van der Waals surface area contributed by atoms with Crippen molar-refractivity contribution in [3.63, 3.8) is 0 Å². The van der Waals surface area contributed by atoms with Gasteiger partial charge in [0, 0.05) is 0 Å². The lowest BCUT2D eigenvalue weighted by Crippen LogP contribution is -2.67. The number of hydrogen-bond donors (Lipinski definition) is 0. The van der Waals surface area contributed by atoms with Gasteiger partial charge in [-0.2, -0.15) is 0 Å². The van der Waals surface area contributed by atoms with E-state index in [1.165, 1.54) is 0 Å². The molecule has 2 heterocycles. The van der Waals surface area contributed by atoms with Gasteiger partial charge in [-0.1, -0.05) is 243 Å². The predicted octanol–water partition coefficient (Wildman–Crippen LogP) is 11.5. The molecule has 2 saturated heterocycles. The molecule has 0 N–H and O–H groups in total. The van der Waals surface area contributed by atoms with Crippen LogP contribution in [0.25, 0.3) is 0 Å². The van der Waals surface area contributed by atoms with E-state index in [0.29, 0.717) is 0 Å². The molecule has 416 valence electrons. The SMILES string of the molecule is O=C(OCc1ccccc1)C1O[C@H](O[C@H]2C(C(=O)OCc3ccccc3)O[C@H](OCc3ccccc3)[C@H](OCc3ccccc3)[C@H]2OCc2ccccc2)[C@H](OCc2ccccc2)[C@@H](OCc2ccccc2)[C@H]1OCc1ccccc1. The van der Waals surface area contributed by atoms with Crippen LogP contribution < -0.4 is 0 Å². The standard InChI is InChI=1S/C68H66O13/c69-65(76-46-54-35-19-6-20-36-54)61-57(71-41-49-25-9-1-10-26-49)58(72-42-50-27-11-2-12-28-50)64(75-45-53-33-17-5-18-34-53)68(81-61)79-60-59(73-43-51-29-13-3-14-30-51)63(74-44-52-31-15-4-16-32-52)67(78-48-56-39-23-8-24-40-56)80-62(60)66(70)77-47-55-37-21-7-22-38-55/h1-40,57-64,67-68H,41-48H2/t57-,58+,59+,60-,61?,62?,63-,64-,67+,68+/m1/s1. The summed E-state index contributed by atoms with van der Waals surface area (Å²) in [6.07, 6.45) is -12.8. The largest absolute Gasteiger partial charge is 0.459 e. The van der Waals surface area contributed by atoms with Crippen molar-refractivity contribution >= 4 is 11.9 Å². The Bertz CT molecular complexity index is 3070. The zero-order chi connectivity index (χ0) is 55.3. The predicted molar refractivity (Wildman–Crippen MR) is 301 cm³/mol. The molecular formula is C68H66O13. The van der Waals surface area contributed by atoms with Crippen molar-refractivity contribution in [2.24, 2.45) is 0 Å². The minimum absolute atomic E-state index is 0.0554. The van der Waals surface area contributed by atoms with Gasteiger partial charge in [-0.15, -0.1) is 0 Å². The maximum Gasteiger partial charge on any atom is 0.338 e. The fourth-order valence-corrected chi connectivity index (χ4v) is 9.67. The Morgan fingerprint density at radius 1 is 0.259 bits per heavy atom. The summed E-state index contributed by atoms with van der Waals surface area (Å²) in [5.41, 5.74) is 6.60. The maximum absolute atomic E-state index is 15.2. The van der Waals surface area contributed by atoms with Gasteiger partial charge in [0.05, 0.1) is 39.6 Å². The van der Waals surface area contributed by atoms with E-state index in [9.17, 15) is 0 Å². The van der Waals surface area contributed by atoms with E-state index in [2.05, 4.69) is 0 Å². The average Bonchev–Trinajstić information content (AvgIpc) is 3.55. The van der Waals surface area contributed by atoms with Crippen LogP contribution in [-0.4, -0.2) is 73.4 Å². The zero-order valence-corrected chi connectivity index (χ0v) is 44.8. The van der Waals surface area contributed by atoms with Crippen LogP contribution in [0.2, 0.25) is 0 Å². The molecule has 10 rings (SSSR count). The molecule has 13 heteroatoms. The van der Waals surface area contributed by atoms with Crippen LogP contribution in [0, 0.1) is 0 Å². The second-order valence-electron chi connectivity index (χ2n) is 19.7. The first-order valence-corrected chi connectivity index (χ1v) is 27.3. The highest BCUT2D eigenvalue weighted by atomic mass is 16.8. The van der Waals surface area contributed by atoms with Crippen molar-refractivity contribution in [1.29, 1.82) is 0 Å². The molecule has 81 heavy (non-hydrogen) atoms. The molecule has 0 aromatic heterocycles. The van der Waals surface area contributed by atoms with Gasteiger partial charge in [-0.3, -0.25) is 0 Å². The number of rotatable bonds is 26. The van der Waals surface area contributed by atoms with Crippen molar-refractivity contribution in [3.05, 3.63) is 287 Å². The minimum Gasteiger partial charge on any atom is -0.459 e. The van der Waals surface area contributed by atoms with Crippen LogP contribution in [0.15, 0.2) is 243 Å². The summed E-state index contributed by atoms with van der Waals surface area (Å²) in [6, 6.07) is 76.6. The smallest absolute Gasteiger partial charge is 0.338 e. The lowest BCUT2D eigenvalue weighted by molar-refractivity contribution is -0.369. The molecular weight excluding hydrogens is 1020 g/mol. The topological polar surface area (TPSA) is 136 Å². The number of benzene rings is 8. The van der Waals surface area contributed by atoms with Gasteiger partial charge < -0.3 is 52.1 Å². The first-order valence-electron chi connectivity index (χ1n) is 27.3. The summed E-state index contributed by atoms with van der Waals surface area (Å²) >= 11 is 0. The van der Waals surface area contributed by atoms with Gasteiger partial charge in [-0.05, 0) is 44.5 Å². The molecule has 13 nitrogen and oxygen atoms in total. The molecule has 0 amide bonds. The molecule has 2 aliphatic rings. The fourth-order valence-electron chi connectivity index (χ4n) is 9.67. The molecule has 2 aliphatic heterocycles. The van der Waals surface area contributed by atoms with Gasteiger partial charge in [0.25, 0.3) is 0 Å². The third-order valence-electron chi connectivity index (χ3n) is 13.9. The maximum atomic E-state index is 15.2. The van der Waals surface area contributed by atoms with Crippen LogP contribution in [0.1, 0.15) is 44.5 Å². The van der Waals surface area contributed by atoms with Crippen molar-refractivity contribution < 1.29 is 61.7 Å². The van der Waals surface area contributed by atoms with Crippen LogP contribution in [0.4, 0.5) is 0 Å². The van der Waals surface area contributed by atoms with E-state index in [1.807, 2.05) is 243 Å². The first kappa shape index (κ1) is 56.6. The second kappa shape index (κ2) is 29.7. The lowest BCUT2D eigenvalue weighted by atomic mass is 9.95. The molecule has 8 aromatic carbocycles. The average molecular weight is 1090 g/mol. The van der Waals surface area contributed by atoms with Crippen molar-refractivity contribution in [2.75, 3.05) is 0 Å². The normalized spacial score (nSPS) is 22.6. The molecule has 0 bridgehead atoms. The number of carbonyl (C=O) groups is 2. The first-order chi connectivity index (χ1) is 40.0. The number of ether oxygens (including phenoxy) is 11. The van der Waals surface area contributed by atoms with Crippen LogP contribution in [0.5, 0.6) is 0 Å². The van der Waals surface area contributed by atoms with E-state index < -0.39 is 73.4 Å². The summed E-state index contributed by atoms with van der Waals surface area (Å²) < 4.78 is 75.1. The molecule has 0 radical (unpaired) electrons. The fraction of sp³-hybridized carbons (Fsp3) is 0.265. The summed E-state index contributed by atoms with van der Waals surface area (Å²) in [5.74, 6) is -1.52. The van der Waals surface area contributed by atoms with Gasteiger partial charge in [-0.25, -0.2) is 9.59 Å². The lowest BCUT2D eigenvalue weighted by Gasteiger charge is -2.49. The molecule has 8 aromatic rings. The Morgan fingerprint density at radius 3 is 0.827 bits per heavy atom.